The number of hydrogen-bond acceptors (Lipinski definition) is 4. The van der Waals surface area contributed by atoms with E-state index in [0.717, 1.165) is 6.42 Å². The van der Waals surface area contributed by atoms with E-state index in [2.05, 4.69) is 10.6 Å². The second kappa shape index (κ2) is 8.41. The third-order valence-electron chi connectivity index (χ3n) is 4.21. The number of amides is 2. The summed E-state index contributed by atoms with van der Waals surface area (Å²) in [5.41, 5.74) is 6.81. The number of nitrogens with two attached hydrogens (primary N) is 1. The molecule has 0 saturated heterocycles. The summed E-state index contributed by atoms with van der Waals surface area (Å²) in [6.07, 6.45) is 6.43. The van der Waals surface area contributed by atoms with E-state index in [9.17, 15) is 9.59 Å². The zero-order valence-corrected chi connectivity index (χ0v) is 13.6. The molecule has 1 aromatic carbocycles. The molecular weight excluding hydrogens is 294 g/mol. The number of nitrogen functional groups attached to an aromatic ring is 1. The van der Waals surface area contributed by atoms with E-state index in [1.165, 1.54) is 32.8 Å². The van der Waals surface area contributed by atoms with Crippen molar-refractivity contribution in [2.24, 2.45) is 5.92 Å². The van der Waals surface area contributed by atoms with E-state index < -0.39 is 0 Å². The molecule has 1 aromatic rings. The van der Waals surface area contributed by atoms with Gasteiger partial charge in [0, 0.05) is 12.1 Å². The summed E-state index contributed by atoms with van der Waals surface area (Å²) in [5, 5.41) is 5.35. The highest BCUT2D eigenvalue weighted by Gasteiger charge is 2.16. The molecule has 1 aliphatic carbocycles. The first-order chi connectivity index (χ1) is 11.1. The van der Waals surface area contributed by atoms with Crippen LogP contribution in [0, 0.1) is 5.92 Å². The lowest BCUT2D eigenvalue weighted by molar-refractivity contribution is -0.124. The van der Waals surface area contributed by atoms with Crippen LogP contribution in [-0.2, 0) is 9.59 Å². The zero-order chi connectivity index (χ0) is 16.7. The molecule has 0 radical (unpaired) electrons. The Labute approximate surface area is 136 Å². The minimum Gasteiger partial charge on any atom is -0.495 e. The Kier molecular flexibility index (Phi) is 6.26. The van der Waals surface area contributed by atoms with Gasteiger partial charge in [-0.1, -0.05) is 25.7 Å². The highest BCUT2D eigenvalue weighted by Crippen LogP contribution is 2.28. The van der Waals surface area contributed by atoms with Crippen molar-refractivity contribution in [3.63, 3.8) is 0 Å². The van der Waals surface area contributed by atoms with Crippen LogP contribution in [0.5, 0.6) is 5.75 Å². The quantitative estimate of drug-likeness (QED) is 0.672. The number of ether oxygens (including phenoxy) is 1. The van der Waals surface area contributed by atoms with Gasteiger partial charge in [-0.25, -0.2) is 0 Å². The van der Waals surface area contributed by atoms with E-state index in [0.29, 0.717) is 29.5 Å². The largest absolute Gasteiger partial charge is 0.495 e. The van der Waals surface area contributed by atoms with Crippen molar-refractivity contribution in [1.29, 1.82) is 0 Å². The number of nitrogens with one attached hydrogen (secondary N) is 2. The summed E-state index contributed by atoms with van der Waals surface area (Å²) < 4.78 is 5.06. The van der Waals surface area contributed by atoms with Crippen molar-refractivity contribution < 1.29 is 14.3 Å². The van der Waals surface area contributed by atoms with Crippen molar-refractivity contribution in [3.8, 4) is 5.75 Å². The molecule has 4 N–H and O–H groups in total. The number of anilines is 2. The molecule has 23 heavy (non-hydrogen) atoms. The molecule has 126 valence electrons. The predicted octanol–water partition coefficient (Wildman–Crippen LogP) is 2.30. The number of hydrogen-bond donors (Lipinski definition) is 3. The maximum atomic E-state index is 11.8. The van der Waals surface area contributed by atoms with Crippen LogP contribution >= 0.6 is 0 Å². The molecule has 6 nitrogen and oxygen atoms in total. The first-order valence-electron chi connectivity index (χ1n) is 8.08. The maximum Gasteiger partial charge on any atom is 0.243 e. The smallest absolute Gasteiger partial charge is 0.243 e. The third-order valence-corrected chi connectivity index (χ3v) is 4.21. The van der Waals surface area contributed by atoms with Gasteiger partial charge in [-0.3, -0.25) is 9.59 Å². The van der Waals surface area contributed by atoms with Gasteiger partial charge in [0.05, 0.1) is 19.3 Å². The third kappa shape index (κ3) is 5.47. The Balaban J connectivity index is 1.69. The molecular formula is C17H25N3O3. The van der Waals surface area contributed by atoms with Gasteiger partial charge in [-0.15, -0.1) is 0 Å². The van der Waals surface area contributed by atoms with E-state index in [1.807, 2.05) is 0 Å². The fourth-order valence-corrected chi connectivity index (χ4v) is 2.92. The first kappa shape index (κ1) is 17.1. The van der Waals surface area contributed by atoms with Crippen LogP contribution in [0.15, 0.2) is 18.2 Å². The average molecular weight is 319 g/mol. The van der Waals surface area contributed by atoms with Crippen LogP contribution in [-0.4, -0.2) is 25.5 Å². The van der Waals surface area contributed by atoms with Gasteiger partial charge in [0.25, 0.3) is 0 Å². The van der Waals surface area contributed by atoms with Gasteiger partial charge < -0.3 is 21.1 Å². The summed E-state index contributed by atoms with van der Waals surface area (Å²) in [7, 11) is 1.53. The molecule has 6 heteroatoms. The Morgan fingerprint density at radius 1 is 1.26 bits per heavy atom. The van der Waals surface area contributed by atoms with Crippen LogP contribution < -0.4 is 21.1 Å². The fraction of sp³-hybridized carbons (Fsp3) is 0.529. The van der Waals surface area contributed by atoms with Crippen molar-refractivity contribution in [2.75, 3.05) is 24.7 Å². The second-order valence-electron chi connectivity index (χ2n) is 5.97. The average Bonchev–Trinajstić information content (AvgIpc) is 3.04. The van der Waals surface area contributed by atoms with Gasteiger partial charge >= 0.3 is 0 Å². The Bertz CT molecular complexity index is 554. The van der Waals surface area contributed by atoms with Crippen LogP contribution in [0.1, 0.15) is 38.5 Å². The monoisotopic (exact) mass is 319 g/mol. The van der Waals surface area contributed by atoms with Crippen molar-refractivity contribution in [2.45, 2.75) is 38.5 Å². The summed E-state index contributed by atoms with van der Waals surface area (Å²) >= 11 is 0. The van der Waals surface area contributed by atoms with E-state index in [1.54, 1.807) is 18.2 Å². The predicted molar refractivity (Wildman–Crippen MR) is 90.2 cm³/mol. The molecule has 0 atom stereocenters. The Morgan fingerprint density at radius 3 is 2.65 bits per heavy atom. The molecule has 1 saturated carbocycles. The molecule has 0 unspecified atom stereocenters. The first-order valence-corrected chi connectivity index (χ1v) is 8.08. The second-order valence-corrected chi connectivity index (χ2v) is 5.97. The molecule has 0 aromatic heterocycles. The number of methoxy groups -OCH3 is 1. The maximum absolute atomic E-state index is 11.8. The Morgan fingerprint density at radius 2 is 2.00 bits per heavy atom. The molecule has 0 bridgehead atoms. The van der Waals surface area contributed by atoms with E-state index >= 15 is 0 Å². The van der Waals surface area contributed by atoms with E-state index in [-0.39, 0.29) is 18.4 Å². The zero-order valence-electron chi connectivity index (χ0n) is 13.6. The van der Waals surface area contributed by atoms with Gasteiger partial charge in [-0.05, 0) is 30.5 Å². The number of benzene rings is 1. The highest BCUT2D eigenvalue weighted by molar-refractivity contribution is 5.95. The number of carbonyl (C=O) groups excluding carboxylic acids is 2. The van der Waals surface area contributed by atoms with Crippen LogP contribution in [0.3, 0.4) is 0 Å². The number of rotatable bonds is 7. The van der Waals surface area contributed by atoms with Crippen molar-refractivity contribution in [3.05, 3.63) is 18.2 Å². The minimum atomic E-state index is -0.274. The Hall–Kier alpha value is -2.24. The molecule has 2 rings (SSSR count). The summed E-state index contributed by atoms with van der Waals surface area (Å²) in [6, 6.07) is 5.01. The molecule has 0 aliphatic heterocycles. The van der Waals surface area contributed by atoms with Gasteiger partial charge in [0.2, 0.25) is 11.8 Å². The number of carbonyl (C=O) groups is 2. The summed E-state index contributed by atoms with van der Waals surface area (Å²) in [6.45, 7) is -0.0323. The molecule has 0 heterocycles. The van der Waals surface area contributed by atoms with Gasteiger partial charge in [0.1, 0.15) is 5.75 Å². The highest BCUT2D eigenvalue weighted by atomic mass is 16.5. The minimum absolute atomic E-state index is 0.0323. The van der Waals surface area contributed by atoms with Crippen molar-refractivity contribution >= 4 is 23.2 Å². The van der Waals surface area contributed by atoms with Crippen molar-refractivity contribution in [1.82, 2.24) is 5.32 Å². The van der Waals surface area contributed by atoms with Crippen LogP contribution in [0.2, 0.25) is 0 Å². The normalized spacial score (nSPS) is 14.5. The van der Waals surface area contributed by atoms with Gasteiger partial charge in [0.15, 0.2) is 0 Å². The molecule has 1 fully saturated rings. The SMILES string of the molecule is COc1ccc(NC(=O)CNC(=O)CCC2CCCC2)cc1N. The molecule has 1 aliphatic rings. The molecule has 2 amide bonds. The lowest BCUT2D eigenvalue weighted by Crippen LogP contribution is -2.32. The summed E-state index contributed by atoms with van der Waals surface area (Å²) in [5.74, 6) is 0.894. The van der Waals surface area contributed by atoms with E-state index in [4.69, 9.17) is 10.5 Å². The standard InChI is InChI=1S/C17H25N3O3/c1-23-15-8-7-13(10-14(15)18)20-17(22)11-19-16(21)9-6-12-4-2-3-5-12/h7-8,10,12H,2-6,9,11,18H2,1H3,(H,19,21)(H,20,22). The lowest BCUT2D eigenvalue weighted by Gasteiger charge is -2.10. The summed E-state index contributed by atoms with van der Waals surface area (Å²) in [4.78, 5) is 23.6. The van der Waals surface area contributed by atoms with Gasteiger partial charge in [-0.2, -0.15) is 0 Å². The van der Waals surface area contributed by atoms with Crippen LogP contribution in [0.25, 0.3) is 0 Å². The lowest BCUT2D eigenvalue weighted by atomic mass is 10.0. The fourth-order valence-electron chi connectivity index (χ4n) is 2.92. The topological polar surface area (TPSA) is 93.5 Å². The molecule has 0 spiro atoms. The van der Waals surface area contributed by atoms with Crippen LogP contribution in [0.4, 0.5) is 11.4 Å².